The molecule has 5 nitrogen and oxygen atoms in total. The fourth-order valence-electron chi connectivity index (χ4n) is 1.92. The second kappa shape index (κ2) is 6.97. The first-order valence-electron chi connectivity index (χ1n) is 6.56. The van der Waals surface area contributed by atoms with Crippen molar-refractivity contribution in [2.75, 3.05) is 0 Å². The maximum absolute atomic E-state index is 11.9. The van der Waals surface area contributed by atoms with Crippen LogP contribution in [0.25, 0.3) is 0 Å². The van der Waals surface area contributed by atoms with Crippen molar-refractivity contribution >= 4 is 11.9 Å². The Balaban J connectivity index is 2.32. The number of carboxylic acids is 1. The molecule has 0 fully saturated rings. The molecule has 0 bridgehead atoms. The second-order valence-electron chi connectivity index (χ2n) is 5.05. The van der Waals surface area contributed by atoms with Crippen LogP contribution in [0.3, 0.4) is 0 Å². The minimum atomic E-state index is -0.763. The predicted octanol–water partition coefficient (Wildman–Crippen LogP) is 2.03. The lowest BCUT2D eigenvalue weighted by Crippen LogP contribution is -2.33. The number of carbonyl (C=O) groups excluding carboxylic acids is 1. The average Bonchev–Trinajstić information content (AvgIpc) is 2.75. The topological polar surface area (TPSA) is 71.3 Å². The molecule has 0 radical (unpaired) electrons. The molecule has 5 heteroatoms. The molecule has 0 aliphatic carbocycles. The van der Waals surface area contributed by atoms with Crippen LogP contribution in [0.5, 0.6) is 0 Å². The summed E-state index contributed by atoms with van der Waals surface area (Å²) in [5.74, 6) is -1.18. The van der Waals surface area contributed by atoms with Crippen molar-refractivity contribution < 1.29 is 14.7 Å². The van der Waals surface area contributed by atoms with Crippen LogP contribution >= 0.6 is 0 Å². The molecule has 1 rings (SSSR count). The Labute approximate surface area is 113 Å². The summed E-state index contributed by atoms with van der Waals surface area (Å²) in [6, 6.07) is 3.64. The summed E-state index contributed by atoms with van der Waals surface area (Å²) in [5, 5.41) is 11.7. The number of aliphatic carboxylic acids is 1. The maximum atomic E-state index is 11.9. The number of hydrogen-bond donors (Lipinski definition) is 2. The third-order valence-electron chi connectivity index (χ3n) is 3.25. The first-order valence-corrected chi connectivity index (χ1v) is 6.56. The SMILES string of the molecule is CC(CCCC(C)C(=O)O)NC(=O)c1cccn1C. The van der Waals surface area contributed by atoms with Gasteiger partial charge in [-0.15, -0.1) is 0 Å². The molecule has 0 spiro atoms. The number of nitrogens with one attached hydrogen (secondary N) is 1. The predicted molar refractivity (Wildman–Crippen MR) is 73.0 cm³/mol. The Bertz CT molecular complexity index is 440. The molecule has 1 aromatic heterocycles. The fraction of sp³-hybridized carbons (Fsp3) is 0.571. The maximum Gasteiger partial charge on any atom is 0.306 e. The third kappa shape index (κ3) is 4.77. The Morgan fingerprint density at radius 2 is 2.05 bits per heavy atom. The van der Waals surface area contributed by atoms with Crippen LogP contribution < -0.4 is 5.32 Å². The number of aryl methyl sites for hydroxylation is 1. The van der Waals surface area contributed by atoms with Crippen LogP contribution in [0.4, 0.5) is 0 Å². The van der Waals surface area contributed by atoms with Crippen LogP contribution in [0.2, 0.25) is 0 Å². The van der Waals surface area contributed by atoms with E-state index >= 15 is 0 Å². The van der Waals surface area contributed by atoms with E-state index in [1.165, 1.54) is 0 Å². The molecule has 0 saturated carbocycles. The van der Waals surface area contributed by atoms with E-state index in [0.29, 0.717) is 12.1 Å². The number of nitrogens with zero attached hydrogens (tertiary/aromatic N) is 1. The fourth-order valence-corrected chi connectivity index (χ4v) is 1.92. The number of carbonyl (C=O) groups is 2. The van der Waals surface area contributed by atoms with Crippen molar-refractivity contribution in [2.24, 2.45) is 13.0 Å². The molecule has 0 saturated heterocycles. The second-order valence-corrected chi connectivity index (χ2v) is 5.05. The number of rotatable bonds is 7. The first-order chi connectivity index (χ1) is 8.91. The van der Waals surface area contributed by atoms with Crippen molar-refractivity contribution in [1.82, 2.24) is 9.88 Å². The van der Waals surface area contributed by atoms with Gasteiger partial charge >= 0.3 is 5.97 Å². The zero-order chi connectivity index (χ0) is 14.4. The molecule has 106 valence electrons. The largest absolute Gasteiger partial charge is 0.481 e. The number of aromatic nitrogens is 1. The number of carboxylic acid groups (broad SMARTS) is 1. The summed E-state index contributed by atoms with van der Waals surface area (Å²) in [6.45, 7) is 3.64. The van der Waals surface area contributed by atoms with Crippen molar-refractivity contribution in [3.8, 4) is 0 Å². The minimum Gasteiger partial charge on any atom is -0.481 e. The molecule has 19 heavy (non-hydrogen) atoms. The quantitative estimate of drug-likeness (QED) is 0.793. The van der Waals surface area contributed by atoms with Crippen LogP contribution in [0, 0.1) is 5.92 Å². The van der Waals surface area contributed by atoms with Crippen LogP contribution in [0.1, 0.15) is 43.6 Å². The van der Waals surface area contributed by atoms with Gasteiger partial charge < -0.3 is 15.0 Å². The zero-order valence-electron chi connectivity index (χ0n) is 11.7. The van der Waals surface area contributed by atoms with Crippen LogP contribution in [-0.2, 0) is 11.8 Å². The molecule has 1 aromatic rings. The number of hydrogen-bond acceptors (Lipinski definition) is 2. The summed E-state index contributed by atoms with van der Waals surface area (Å²) < 4.78 is 1.77. The highest BCUT2D eigenvalue weighted by Gasteiger charge is 2.14. The monoisotopic (exact) mass is 266 g/mol. The number of amides is 1. The van der Waals surface area contributed by atoms with Crippen LogP contribution in [-0.4, -0.2) is 27.6 Å². The molecule has 2 unspecified atom stereocenters. The van der Waals surface area contributed by atoms with Gasteiger partial charge in [-0.1, -0.05) is 13.3 Å². The van der Waals surface area contributed by atoms with E-state index in [9.17, 15) is 9.59 Å². The van der Waals surface area contributed by atoms with Crippen molar-refractivity contribution in [1.29, 1.82) is 0 Å². The van der Waals surface area contributed by atoms with Gasteiger partial charge in [0, 0.05) is 19.3 Å². The lowest BCUT2D eigenvalue weighted by molar-refractivity contribution is -0.141. The molecule has 0 aliphatic heterocycles. The Morgan fingerprint density at radius 3 is 2.58 bits per heavy atom. The molecule has 1 amide bonds. The van der Waals surface area contributed by atoms with Gasteiger partial charge in [0.25, 0.3) is 5.91 Å². The van der Waals surface area contributed by atoms with Gasteiger partial charge in [-0.05, 0) is 31.9 Å². The highest BCUT2D eigenvalue weighted by atomic mass is 16.4. The molecule has 0 aromatic carbocycles. The zero-order valence-corrected chi connectivity index (χ0v) is 11.7. The molecule has 2 atom stereocenters. The smallest absolute Gasteiger partial charge is 0.306 e. The first kappa shape index (κ1) is 15.3. The van der Waals surface area contributed by atoms with Gasteiger partial charge in [0.2, 0.25) is 0 Å². The Hall–Kier alpha value is -1.78. The van der Waals surface area contributed by atoms with E-state index < -0.39 is 5.97 Å². The van der Waals surface area contributed by atoms with E-state index in [-0.39, 0.29) is 17.9 Å². The summed E-state index contributed by atoms with van der Waals surface area (Å²) in [5.41, 5.74) is 0.630. The summed E-state index contributed by atoms with van der Waals surface area (Å²) >= 11 is 0. The van der Waals surface area contributed by atoms with Crippen molar-refractivity contribution in [3.63, 3.8) is 0 Å². The normalized spacial score (nSPS) is 13.8. The lowest BCUT2D eigenvalue weighted by Gasteiger charge is -2.14. The summed E-state index contributed by atoms with van der Waals surface area (Å²) in [6.07, 6.45) is 4.05. The molecule has 0 aliphatic rings. The molecule has 1 heterocycles. The van der Waals surface area contributed by atoms with Gasteiger partial charge in [-0.25, -0.2) is 0 Å². The summed E-state index contributed by atoms with van der Waals surface area (Å²) in [7, 11) is 1.83. The molecular weight excluding hydrogens is 244 g/mol. The van der Waals surface area contributed by atoms with Gasteiger partial charge in [0.15, 0.2) is 0 Å². The summed E-state index contributed by atoms with van der Waals surface area (Å²) in [4.78, 5) is 22.6. The highest BCUT2D eigenvalue weighted by molar-refractivity contribution is 5.92. The van der Waals surface area contributed by atoms with Gasteiger partial charge in [0.1, 0.15) is 5.69 Å². The minimum absolute atomic E-state index is 0.0448. The van der Waals surface area contributed by atoms with E-state index in [1.807, 2.05) is 26.2 Å². The van der Waals surface area contributed by atoms with Crippen molar-refractivity contribution in [2.45, 2.75) is 39.2 Å². The third-order valence-corrected chi connectivity index (χ3v) is 3.25. The van der Waals surface area contributed by atoms with E-state index in [4.69, 9.17) is 5.11 Å². The van der Waals surface area contributed by atoms with Crippen LogP contribution in [0.15, 0.2) is 18.3 Å². The van der Waals surface area contributed by atoms with E-state index in [0.717, 1.165) is 12.8 Å². The van der Waals surface area contributed by atoms with E-state index in [2.05, 4.69) is 5.32 Å². The Morgan fingerprint density at radius 1 is 1.37 bits per heavy atom. The van der Waals surface area contributed by atoms with Gasteiger partial charge in [-0.2, -0.15) is 0 Å². The molecular formula is C14H22N2O3. The molecule has 2 N–H and O–H groups in total. The standard InChI is InChI=1S/C14H22N2O3/c1-10(14(18)19)6-4-7-11(2)15-13(17)12-8-5-9-16(12)3/h5,8-11H,4,6-7H2,1-3H3,(H,15,17)(H,18,19). The van der Waals surface area contributed by atoms with Gasteiger partial charge in [0.05, 0.1) is 5.92 Å². The Kier molecular flexibility index (Phi) is 5.60. The van der Waals surface area contributed by atoms with E-state index in [1.54, 1.807) is 17.6 Å². The average molecular weight is 266 g/mol. The van der Waals surface area contributed by atoms with Crippen molar-refractivity contribution in [3.05, 3.63) is 24.0 Å². The highest BCUT2D eigenvalue weighted by Crippen LogP contribution is 2.10. The van der Waals surface area contributed by atoms with Gasteiger partial charge in [-0.3, -0.25) is 9.59 Å². The lowest BCUT2D eigenvalue weighted by atomic mass is 10.0.